The summed E-state index contributed by atoms with van der Waals surface area (Å²) in [7, 11) is 1.73. The number of rotatable bonds is 4. The third kappa shape index (κ3) is 2.44. The minimum absolute atomic E-state index is 0.554. The maximum Gasteiger partial charge on any atom is 0.159 e. The van der Waals surface area contributed by atoms with E-state index < -0.39 is 0 Å². The number of benzene rings is 1. The normalized spacial score (nSPS) is 12.1. The lowest BCUT2D eigenvalue weighted by atomic mass is 10.1. The lowest BCUT2D eigenvalue weighted by molar-refractivity contribution is 0.186. The Labute approximate surface area is 160 Å². The minimum Gasteiger partial charge on any atom is -0.380 e. The molecule has 4 aromatic heterocycles. The van der Waals surface area contributed by atoms with Gasteiger partial charge >= 0.3 is 0 Å². The Morgan fingerprint density at radius 3 is 2.81 bits per heavy atom. The smallest absolute Gasteiger partial charge is 0.159 e. The van der Waals surface area contributed by atoms with Gasteiger partial charge in [0.05, 0.1) is 27.9 Å². The summed E-state index contributed by atoms with van der Waals surface area (Å²) in [5.74, 6) is 1.05. The summed E-state index contributed by atoms with van der Waals surface area (Å²) in [6.45, 7) is 4.76. The molecule has 5 aromatic rings. The molecule has 0 unspecified atom stereocenters. The molecule has 0 N–H and O–H groups in total. The first kappa shape index (κ1) is 16.6. The molecule has 0 fully saturated rings. The summed E-state index contributed by atoms with van der Waals surface area (Å²) in [6, 6.07) is 10.4. The predicted molar refractivity (Wildman–Crippen MR) is 111 cm³/mol. The molecule has 136 valence electrons. The molecule has 5 nitrogen and oxygen atoms in total. The fourth-order valence-corrected chi connectivity index (χ4v) is 5.02. The number of nitrogens with zero attached hydrogens (tertiary/aromatic N) is 4. The third-order valence-electron chi connectivity index (χ3n) is 4.88. The van der Waals surface area contributed by atoms with Gasteiger partial charge in [0.15, 0.2) is 5.65 Å². The van der Waals surface area contributed by atoms with Crippen LogP contribution in [0.3, 0.4) is 0 Å². The topological polar surface area (TPSA) is 52.3 Å². The number of thiophene rings is 1. The van der Waals surface area contributed by atoms with E-state index in [1.54, 1.807) is 18.4 Å². The molecule has 0 saturated heterocycles. The van der Waals surface area contributed by atoms with Crippen molar-refractivity contribution in [2.45, 2.75) is 33.3 Å². The van der Waals surface area contributed by atoms with Crippen LogP contribution in [-0.4, -0.2) is 26.5 Å². The van der Waals surface area contributed by atoms with Crippen molar-refractivity contribution in [1.82, 2.24) is 19.4 Å². The summed E-state index contributed by atoms with van der Waals surface area (Å²) < 4.78 is 8.77. The SMILES string of the molecule is CCCc1nc2c(sc3nc(C)cc(COC)c32)c2nc3ccccc3n12. The zero-order chi connectivity index (χ0) is 18.5. The molecule has 4 heterocycles. The van der Waals surface area contributed by atoms with Crippen LogP contribution in [-0.2, 0) is 17.8 Å². The lowest BCUT2D eigenvalue weighted by Gasteiger charge is -2.07. The first-order valence-corrected chi connectivity index (χ1v) is 10.0. The number of pyridine rings is 1. The van der Waals surface area contributed by atoms with Crippen LogP contribution < -0.4 is 0 Å². The molecule has 0 atom stereocenters. The molecule has 27 heavy (non-hydrogen) atoms. The van der Waals surface area contributed by atoms with Crippen LogP contribution in [0.4, 0.5) is 0 Å². The van der Waals surface area contributed by atoms with Crippen molar-refractivity contribution in [2.24, 2.45) is 0 Å². The number of imidazole rings is 1. The van der Waals surface area contributed by atoms with Gasteiger partial charge in [0, 0.05) is 24.6 Å². The number of aryl methyl sites for hydroxylation is 2. The number of hydrogen-bond acceptors (Lipinski definition) is 5. The van der Waals surface area contributed by atoms with E-state index in [-0.39, 0.29) is 0 Å². The van der Waals surface area contributed by atoms with E-state index >= 15 is 0 Å². The summed E-state index contributed by atoms with van der Waals surface area (Å²) in [6.07, 6.45) is 1.94. The first-order chi connectivity index (χ1) is 13.2. The largest absolute Gasteiger partial charge is 0.380 e. The van der Waals surface area contributed by atoms with E-state index in [9.17, 15) is 0 Å². The van der Waals surface area contributed by atoms with E-state index in [1.807, 2.05) is 13.0 Å². The Morgan fingerprint density at radius 2 is 2.00 bits per heavy atom. The van der Waals surface area contributed by atoms with Crippen molar-refractivity contribution in [3.8, 4) is 0 Å². The summed E-state index contributed by atoms with van der Waals surface area (Å²) in [4.78, 5) is 15.9. The van der Waals surface area contributed by atoms with E-state index in [0.717, 1.165) is 67.0 Å². The Hall–Kier alpha value is -2.57. The van der Waals surface area contributed by atoms with Crippen LogP contribution in [0.25, 0.3) is 37.1 Å². The summed E-state index contributed by atoms with van der Waals surface area (Å²) in [5, 5.41) is 1.11. The number of fused-ring (bicyclic) bond motifs is 7. The Morgan fingerprint density at radius 1 is 1.15 bits per heavy atom. The second-order valence-corrected chi connectivity index (χ2v) is 7.85. The van der Waals surface area contributed by atoms with Crippen LogP contribution in [0, 0.1) is 6.92 Å². The fraction of sp³-hybridized carbons (Fsp3) is 0.286. The van der Waals surface area contributed by atoms with Gasteiger partial charge in [-0.05, 0) is 37.1 Å². The van der Waals surface area contributed by atoms with Crippen LogP contribution in [0.2, 0.25) is 0 Å². The molecule has 0 radical (unpaired) electrons. The maximum absolute atomic E-state index is 5.45. The number of methoxy groups -OCH3 is 1. The highest BCUT2D eigenvalue weighted by atomic mass is 32.1. The average Bonchev–Trinajstić information content (AvgIpc) is 3.20. The van der Waals surface area contributed by atoms with Crippen LogP contribution in [0.1, 0.15) is 30.4 Å². The van der Waals surface area contributed by atoms with E-state index in [0.29, 0.717) is 6.61 Å². The second-order valence-electron chi connectivity index (χ2n) is 6.85. The molecule has 0 aliphatic heterocycles. The van der Waals surface area contributed by atoms with Crippen molar-refractivity contribution in [2.75, 3.05) is 7.11 Å². The van der Waals surface area contributed by atoms with Gasteiger partial charge in [-0.3, -0.25) is 4.40 Å². The molecule has 0 aliphatic rings. The maximum atomic E-state index is 5.45. The fourth-order valence-electron chi connectivity index (χ4n) is 3.83. The highest BCUT2D eigenvalue weighted by molar-refractivity contribution is 7.26. The Bertz CT molecular complexity index is 1320. The van der Waals surface area contributed by atoms with Crippen molar-refractivity contribution in [3.05, 3.63) is 47.4 Å². The standard InChI is InChI=1S/C21H20N4OS/c1-4-7-16-24-18-17-13(11-26-3)10-12(2)22-21(17)27-19(18)20-23-14-8-5-6-9-15(14)25(16)20/h5-6,8-10H,4,7,11H2,1-3H3. The zero-order valence-electron chi connectivity index (χ0n) is 15.6. The Kier molecular flexibility index (Phi) is 3.84. The number of aromatic nitrogens is 4. The molecule has 5 rings (SSSR count). The first-order valence-electron chi connectivity index (χ1n) is 9.19. The average molecular weight is 376 g/mol. The van der Waals surface area contributed by atoms with Gasteiger partial charge in [-0.15, -0.1) is 11.3 Å². The molecular formula is C21H20N4OS. The van der Waals surface area contributed by atoms with Crippen LogP contribution in [0.5, 0.6) is 0 Å². The molecule has 6 heteroatoms. The zero-order valence-corrected chi connectivity index (χ0v) is 16.4. The number of para-hydroxylation sites is 2. The lowest BCUT2D eigenvalue weighted by Crippen LogP contribution is -2.01. The van der Waals surface area contributed by atoms with Crippen molar-refractivity contribution in [3.63, 3.8) is 0 Å². The van der Waals surface area contributed by atoms with Crippen molar-refractivity contribution in [1.29, 1.82) is 0 Å². The predicted octanol–water partition coefficient (Wildman–Crippen LogP) is 5.05. The van der Waals surface area contributed by atoms with Gasteiger partial charge in [-0.1, -0.05) is 19.1 Å². The quantitative estimate of drug-likeness (QED) is 0.440. The third-order valence-corrected chi connectivity index (χ3v) is 5.95. The highest BCUT2D eigenvalue weighted by Gasteiger charge is 2.20. The van der Waals surface area contributed by atoms with Gasteiger partial charge in [0.1, 0.15) is 10.7 Å². The van der Waals surface area contributed by atoms with E-state index in [2.05, 4.69) is 35.6 Å². The van der Waals surface area contributed by atoms with Crippen molar-refractivity contribution < 1.29 is 4.74 Å². The molecule has 0 aliphatic carbocycles. The highest BCUT2D eigenvalue weighted by Crippen LogP contribution is 2.38. The Balaban J connectivity index is 2.00. The molecular weight excluding hydrogens is 356 g/mol. The molecule has 0 saturated carbocycles. The van der Waals surface area contributed by atoms with Gasteiger partial charge in [-0.2, -0.15) is 0 Å². The molecule has 1 aromatic carbocycles. The monoisotopic (exact) mass is 376 g/mol. The van der Waals surface area contributed by atoms with Crippen LogP contribution in [0.15, 0.2) is 30.3 Å². The van der Waals surface area contributed by atoms with E-state index in [4.69, 9.17) is 19.7 Å². The number of ether oxygens (including phenoxy) is 1. The van der Waals surface area contributed by atoms with Gasteiger partial charge < -0.3 is 4.74 Å². The van der Waals surface area contributed by atoms with Gasteiger partial charge in [0.25, 0.3) is 0 Å². The second kappa shape index (κ2) is 6.25. The van der Waals surface area contributed by atoms with E-state index in [1.165, 1.54) is 0 Å². The molecule has 0 spiro atoms. The van der Waals surface area contributed by atoms with Gasteiger partial charge in [-0.25, -0.2) is 15.0 Å². The number of hydrogen-bond donors (Lipinski definition) is 0. The minimum atomic E-state index is 0.554. The molecule has 0 bridgehead atoms. The van der Waals surface area contributed by atoms with Crippen molar-refractivity contribution >= 4 is 48.5 Å². The van der Waals surface area contributed by atoms with Crippen LogP contribution >= 0.6 is 11.3 Å². The molecule has 0 amide bonds. The van der Waals surface area contributed by atoms with Gasteiger partial charge in [0.2, 0.25) is 0 Å². The summed E-state index contributed by atoms with van der Waals surface area (Å²) >= 11 is 1.67. The summed E-state index contributed by atoms with van der Waals surface area (Å²) in [5.41, 5.74) is 6.24.